The summed E-state index contributed by atoms with van der Waals surface area (Å²) in [5.74, 6) is 0. The second kappa shape index (κ2) is 6.94. The summed E-state index contributed by atoms with van der Waals surface area (Å²) in [6.45, 7) is 2.04. The SMILES string of the molecule is Brc1ccc(CCCNCc2ccccc2)s1. The number of hydrogen-bond donors (Lipinski definition) is 1. The molecule has 90 valence electrons. The van der Waals surface area contributed by atoms with E-state index < -0.39 is 0 Å². The van der Waals surface area contributed by atoms with Crippen molar-refractivity contribution in [3.63, 3.8) is 0 Å². The fraction of sp³-hybridized carbons (Fsp3) is 0.286. The summed E-state index contributed by atoms with van der Waals surface area (Å²) in [6, 6.07) is 14.9. The van der Waals surface area contributed by atoms with Crippen LogP contribution in [-0.2, 0) is 13.0 Å². The highest BCUT2D eigenvalue weighted by Crippen LogP contribution is 2.22. The third kappa shape index (κ3) is 4.62. The molecule has 0 aliphatic heterocycles. The molecule has 17 heavy (non-hydrogen) atoms. The standard InChI is InChI=1S/C14H16BrNS/c15-14-9-8-13(17-14)7-4-10-16-11-12-5-2-1-3-6-12/h1-3,5-6,8-9,16H,4,7,10-11H2. The Hall–Kier alpha value is -0.640. The van der Waals surface area contributed by atoms with Crippen molar-refractivity contribution in [2.24, 2.45) is 0 Å². The molecule has 2 aromatic rings. The second-order valence-electron chi connectivity index (χ2n) is 3.97. The zero-order valence-corrected chi connectivity index (χ0v) is 12.1. The smallest absolute Gasteiger partial charge is 0.0701 e. The van der Waals surface area contributed by atoms with Gasteiger partial charge in [-0.3, -0.25) is 0 Å². The molecule has 0 unspecified atom stereocenters. The Kier molecular flexibility index (Phi) is 5.23. The molecule has 2 rings (SSSR count). The van der Waals surface area contributed by atoms with Crippen molar-refractivity contribution in [3.8, 4) is 0 Å². The van der Waals surface area contributed by atoms with Crippen LogP contribution in [-0.4, -0.2) is 6.54 Å². The fourth-order valence-electron chi connectivity index (χ4n) is 1.70. The van der Waals surface area contributed by atoms with Crippen LogP contribution in [0.15, 0.2) is 46.3 Å². The average Bonchev–Trinajstić information content (AvgIpc) is 2.76. The van der Waals surface area contributed by atoms with Crippen LogP contribution >= 0.6 is 27.3 Å². The number of hydrogen-bond acceptors (Lipinski definition) is 2. The zero-order valence-electron chi connectivity index (χ0n) is 9.66. The van der Waals surface area contributed by atoms with E-state index in [2.05, 4.69) is 63.7 Å². The number of halogens is 1. The van der Waals surface area contributed by atoms with E-state index in [4.69, 9.17) is 0 Å². The van der Waals surface area contributed by atoms with Gasteiger partial charge in [0.15, 0.2) is 0 Å². The van der Waals surface area contributed by atoms with Crippen molar-refractivity contribution >= 4 is 27.3 Å². The van der Waals surface area contributed by atoms with E-state index in [0.717, 1.165) is 19.5 Å². The fourth-order valence-corrected chi connectivity index (χ4v) is 3.23. The Morgan fingerprint density at radius 1 is 1.06 bits per heavy atom. The van der Waals surface area contributed by atoms with Crippen LogP contribution in [0, 0.1) is 0 Å². The van der Waals surface area contributed by atoms with Gasteiger partial charge in [-0.25, -0.2) is 0 Å². The van der Waals surface area contributed by atoms with E-state index >= 15 is 0 Å². The highest BCUT2D eigenvalue weighted by atomic mass is 79.9. The number of nitrogens with one attached hydrogen (secondary N) is 1. The van der Waals surface area contributed by atoms with Gasteiger partial charge in [-0.05, 0) is 53.0 Å². The van der Waals surface area contributed by atoms with Gasteiger partial charge in [0, 0.05) is 11.4 Å². The first kappa shape index (κ1) is 12.8. The molecule has 0 saturated carbocycles. The molecule has 0 bridgehead atoms. The van der Waals surface area contributed by atoms with E-state index in [1.165, 1.54) is 20.6 Å². The van der Waals surface area contributed by atoms with Crippen molar-refractivity contribution in [1.29, 1.82) is 0 Å². The molecular weight excluding hydrogens is 294 g/mol. The van der Waals surface area contributed by atoms with Crippen molar-refractivity contribution < 1.29 is 0 Å². The molecule has 0 aliphatic rings. The third-order valence-electron chi connectivity index (χ3n) is 2.58. The Bertz CT molecular complexity index is 438. The topological polar surface area (TPSA) is 12.0 Å². The Balaban J connectivity index is 1.61. The van der Waals surface area contributed by atoms with Crippen molar-refractivity contribution in [3.05, 3.63) is 56.7 Å². The predicted octanol–water partition coefficient (Wildman–Crippen LogP) is 4.23. The molecule has 1 heterocycles. The van der Waals surface area contributed by atoms with Gasteiger partial charge < -0.3 is 5.32 Å². The molecule has 1 N–H and O–H groups in total. The molecule has 1 aromatic heterocycles. The first-order chi connectivity index (χ1) is 8.34. The molecule has 0 saturated heterocycles. The minimum atomic E-state index is 0.967. The molecule has 1 nitrogen and oxygen atoms in total. The lowest BCUT2D eigenvalue weighted by atomic mass is 10.2. The molecule has 1 aromatic carbocycles. The number of benzene rings is 1. The second-order valence-corrected chi connectivity index (χ2v) is 6.52. The molecule has 0 fully saturated rings. The molecule has 0 aliphatic carbocycles. The maximum atomic E-state index is 3.49. The Morgan fingerprint density at radius 2 is 1.88 bits per heavy atom. The maximum Gasteiger partial charge on any atom is 0.0701 e. The summed E-state index contributed by atoms with van der Waals surface area (Å²) in [4.78, 5) is 1.46. The molecule has 3 heteroatoms. The van der Waals surface area contributed by atoms with Crippen LogP contribution in [0.3, 0.4) is 0 Å². The van der Waals surface area contributed by atoms with Crippen LogP contribution in [0.4, 0.5) is 0 Å². The lowest BCUT2D eigenvalue weighted by Gasteiger charge is -2.03. The van der Waals surface area contributed by atoms with Gasteiger partial charge in [0.25, 0.3) is 0 Å². The van der Waals surface area contributed by atoms with Gasteiger partial charge >= 0.3 is 0 Å². The average molecular weight is 310 g/mol. The van der Waals surface area contributed by atoms with Gasteiger partial charge in [0.2, 0.25) is 0 Å². The molecular formula is C14H16BrNS. The monoisotopic (exact) mass is 309 g/mol. The van der Waals surface area contributed by atoms with E-state index in [1.54, 1.807) is 0 Å². The quantitative estimate of drug-likeness (QED) is 0.787. The largest absolute Gasteiger partial charge is 0.313 e. The highest BCUT2D eigenvalue weighted by molar-refractivity contribution is 9.11. The summed E-state index contributed by atoms with van der Waals surface area (Å²) >= 11 is 5.32. The van der Waals surface area contributed by atoms with E-state index in [1.807, 2.05) is 11.3 Å². The number of rotatable bonds is 6. The number of aryl methyl sites for hydroxylation is 1. The van der Waals surface area contributed by atoms with Crippen LogP contribution < -0.4 is 5.32 Å². The first-order valence-corrected chi connectivity index (χ1v) is 7.44. The molecule has 0 radical (unpaired) electrons. The van der Waals surface area contributed by atoms with Crippen molar-refractivity contribution in [2.75, 3.05) is 6.54 Å². The molecule has 0 spiro atoms. The summed E-state index contributed by atoms with van der Waals surface area (Å²) in [6.07, 6.45) is 2.36. The van der Waals surface area contributed by atoms with Crippen molar-refractivity contribution in [2.45, 2.75) is 19.4 Å². The lowest BCUT2D eigenvalue weighted by Crippen LogP contribution is -2.15. The van der Waals surface area contributed by atoms with Gasteiger partial charge in [0.1, 0.15) is 0 Å². The van der Waals surface area contributed by atoms with Crippen LogP contribution in [0.2, 0.25) is 0 Å². The normalized spacial score (nSPS) is 10.6. The minimum absolute atomic E-state index is 0.967. The van der Waals surface area contributed by atoms with Crippen molar-refractivity contribution in [1.82, 2.24) is 5.32 Å². The van der Waals surface area contributed by atoms with Gasteiger partial charge in [-0.2, -0.15) is 0 Å². The minimum Gasteiger partial charge on any atom is -0.313 e. The summed E-state index contributed by atoms with van der Waals surface area (Å²) < 4.78 is 1.23. The first-order valence-electron chi connectivity index (χ1n) is 5.83. The summed E-state index contributed by atoms with van der Waals surface area (Å²) in [7, 11) is 0. The highest BCUT2D eigenvalue weighted by Gasteiger charge is 1.97. The lowest BCUT2D eigenvalue weighted by molar-refractivity contribution is 0.652. The molecule has 0 amide bonds. The van der Waals surface area contributed by atoms with E-state index in [0.29, 0.717) is 0 Å². The van der Waals surface area contributed by atoms with Gasteiger partial charge in [-0.15, -0.1) is 11.3 Å². The van der Waals surface area contributed by atoms with Crippen LogP contribution in [0.1, 0.15) is 16.9 Å². The van der Waals surface area contributed by atoms with E-state index in [9.17, 15) is 0 Å². The van der Waals surface area contributed by atoms with E-state index in [-0.39, 0.29) is 0 Å². The van der Waals surface area contributed by atoms with Crippen LogP contribution in [0.25, 0.3) is 0 Å². The third-order valence-corrected chi connectivity index (χ3v) is 4.26. The maximum absolute atomic E-state index is 3.49. The Morgan fingerprint density at radius 3 is 2.59 bits per heavy atom. The van der Waals surface area contributed by atoms with Gasteiger partial charge in [0.05, 0.1) is 3.79 Å². The molecule has 0 atom stereocenters. The van der Waals surface area contributed by atoms with Crippen LogP contribution in [0.5, 0.6) is 0 Å². The summed E-state index contributed by atoms with van der Waals surface area (Å²) in [5.41, 5.74) is 1.35. The van der Waals surface area contributed by atoms with Gasteiger partial charge in [-0.1, -0.05) is 30.3 Å². The number of thiophene rings is 1. The predicted molar refractivity (Wildman–Crippen MR) is 78.5 cm³/mol. The Labute approximate surface area is 115 Å². The zero-order chi connectivity index (χ0) is 11.9. The summed E-state index contributed by atoms with van der Waals surface area (Å²) in [5, 5.41) is 3.47.